The van der Waals surface area contributed by atoms with Crippen LogP contribution < -0.4 is 21.7 Å². The third-order valence-electron chi connectivity index (χ3n) is 13.4. The van der Waals surface area contributed by atoms with Crippen molar-refractivity contribution in [1.82, 2.24) is 16.0 Å². The van der Waals surface area contributed by atoms with E-state index < -0.39 is 18.0 Å². The van der Waals surface area contributed by atoms with Crippen LogP contribution >= 0.6 is 0 Å². The number of aliphatic hydroxyl groups excluding tert-OH is 2. The summed E-state index contributed by atoms with van der Waals surface area (Å²) in [6.07, 6.45) is 15.9. The number of nitrogens with one attached hydrogen (secondary N) is 3. The molecule has 0 aromatic carbocycles. The number of carbonyl (C=O) groups is 1. The number of hydrogen-bond acceptors (Lipinski definition) is 7. The first kappa shape index (κ1) is 36.1. The van der Waals surface area contributed by atoms with Crippen LogP contribution in [0.25, 0.3) is 0 Å². The van der Waals surface area contributed by atoms with Gasteiger partial charge in [0.1, 0.15) is 0 Å². The van der Waals surface area contributed by atoms with Gasteiger partial charge in [-0.05, 0) is 177 Å². The first-order valence-corrected chi connectivity index (χ1v) is 18.6. The average Bonchev–Trinajstić information content (AvgIpc) is 3.33. The molecule has 0 radical (unpaired) electrons. The molecule has 0 aromatic heterocycles. The summed E-state index contributed by atoms with van der Waals surface area (Å²) in [7, 11) is 0. The van der Waals surface area contributed by atoms with E-state index in [0.29, 0.717) is 47.5 Å². The maximum atomic E-state index is 11.7. The van der Waals surface area contributed by atoms with Crippen LogP contribution in [-0.4, -0.2) is 78.8 Å². The van der Waals surface area contributed by atoms with E-state index in [1.165, 1.54) is 64.2 Å². The Morgan fingerprint density at radius 2 is 1.52 bits per heavy atom. The minimum Gasteiger partial charge on any atom is -0.481 e. The van der Waals surface area contributed by atoms with Crippen LogP contribution in [0.4, 0.5) is 0 Å². The largest absolute Gasteiger partial charge is 0.481 e. The average molecular weight is 621 g/mol. The van der Waals surface area contributed by atoms with Crippen LogP contribution in [0.5, 0.6) is 0 Å². The molecule has 4 rings (SSSR count). The van der Waals surface area contributed by atoms with Gasteiger partial charge >= 0.3 is 5.97 Å². The van der Waals surface area contributed by atoms with Crippen LogP contribution in [0, 0.1) is 46.3 Å². The van der Waals surface area contributed by atoms with E-state index in [9.17, 15) is 20.1 Å². The second-order valence-electron chi connectivity index (χ2n) is 15.9. The molecule has 8 N–H and O–H groups in total. The highest BCUT2D eigenvalue weighted by Gasteiger charge is 2.62. The highest BCUT2D eigenvalue weighted by molar-refractivity contribution is 5.70. The van der Waals surface area contributed by atoms with Crippen LogP contribution in [0.15, 0.2) is 0 Å². The van der Waals surface area contributed by atoms with Gasteiger partial charge in [-0.2, -0.15) is 0 Å². The van der Waals surface area contributed by atoms with Gasteiger partial charge in [-0.25, -0.2) is 0 Å². The predicted octanol–water partition coefficient (Wildman–Crippen LogP) is 4.52. The summed E-state index contributed by atoms with van der Waals surface area (Å²) >= 11 is 0. The fourth-order valence-electron chi connectivity index (χ4n) is 10.5. The van der Waals surface area contributed by atoms with Gasteiger partial charge in [0.25, 0.3) is 0 Å². The number of hydrogen-bond donors (Lipinski definition) is 7. The quantitative estimate of drug-likeness (QED) is 0.105. The van der Waals surface area contributed by atoms with Crippen molar-refractivity contribution in [3.05, 3.63) is 0 Å². The van der Waals surface area contributed by atoms with Crippen molar-refractivity contribution in [2.75, 3.05) is 39.3 Å². The van der Waals surface area contributed by atoms with Crippen molar-refractivity contribution >= 4 is 5.97 Å². The lowest BCUT2D eigenvalue weighted by molar-refractivity contribution is -0.165. The first-order valence-electron chi connectivity index (χ1n) is 18.6. The smallest absolute Gasteiger partial charge is 0.308 e. The van der Waals surface area contributed by atoms with E-state index in [1.807, 2.05) is 0 Å². The summed E-state index contributed by atoms with van der Waals surface area (Å²) < 4.78 is 0. The minimum atomic E-state index is -0.913. The standard InChI is InChI=1S/C36H68N4O4/c1-25(34(43)44)31(41)10-6-9-26-11-12-29-33-30(14-16-35(26,29)2)36(3)15-13-28(23-27(36)24-32(33)42)40-22-8-21-39-19-5-4-18-38-20-7-17-37/h25-33,38-42H,4-24,37H2,1-3H3,(H,43,44)/t25?,26-,27+,28-,29?,30?,31-,32+,33?,35+,36-/m0/s1. The lowest BCUT2D eigenvalue weighted by Crippen LogP contribution is -2.59. The van der Waals surface area contributed by atoms with E-state index in [1.54, 1.807) is 6.92 Å². The van der Waals surface area contributed by atoms with Gasteiger partial charge in [-0.15, -0.1) is 0 Å². The zero-order valence-electron chi connectivity index (χ0n) is 28.4. The molecule has 11 atom stereocenters. The molecule has 0 spiro atoms. The predicted molar refractivity (Wildman–Crippen MR) is 178 cm³/mol. The lowest BCUT2D eigenvalue weighted by atomic mass is 9.44. The van der Waals surface area contributed by atoms with E-state index in [0.717, 1.165) is 65.0 Å². The summed E-state index contributed by atoms with van der Waals surface area (Å²) in [5, 5.41) is 42.2. The van der Waals surface area contributed by atoms with Crippen molar-refractivity contribution in [2.45, 2.75) is 135 Å². The van der Waals surface area contributed by atoms with Gasteiger partial charge in [-0.1, -0.05) is 20.3 Å². The van der Waals surface area contributed by atoms with Gasteiger partial charge in [0.15, 0.2) is 0 Å². The molecule has 0 heterocycles. The number of nitrogens with two attached hydrogens (primary N) is 1. The maximum absolute atomic E-state index is 11.7. The molecule has 0 amide bonds. The Hall–Kier alpha value is -0.770. The van der Waals surface area contributed by atoms with E-state index >= 15 is 0 Å². The van der Waals surface area contributed by atoms with Gasteiger partial charge in [0.05, 0.1) is 18.1 Å². The molecule has 8 nitrogen and oxygen atoms in total. The summed E-state index contributed by atoms with van der Waals surface area (Å²) in [5.74, 6) is 1.27. The molecule has 4 aliphatic carbocycles. The lowest BCUT2D eigenvalue weighted by Gasteiger charge is -2.62. The first-order chi connectivity index (χ1) is 21.1. The molecule has 44 heavy (non-hydrogen) atoms. The summed E-state index contributed by atoms with van der Waals surface area (Å²) in [4.78, 5) is 11.2. The zero-order valence-corrected chi connectivity index (χ0v) is 28.4. The molecule has 4 aliphatic rings. The molecule has 256 valence electrons. The molecule has 4 saturated carbocycles. The molecule has 0 saturated heterocycles. The summed E-state index contributed by atoms with van der Waals surface area (Å²) in [5.41, 5.74) is 6.14. The van der Waals surface area contributed by atoms with Crippen molar-refractivity contribution in [3.63, 3.8) is 0 Å². The van der Waals surface area contributed by atoms with Crippen LogP contribution in [0.1, 0.15) is 117 Å². The molecule has 0 bridgehead atoms. The number of aliphatic hydroxyl groups is 2. The van der Waals surface area contributed by atoms with Crippen molar-refractivity contribution in [1.29, 1.82) is 0 Å². The molecule has 0 aliphatic heterocycles. The van der Waals surface area contributed by atoms with E-state index in [2.05, 4.69) is 29.8 Å². The SMILES string of the molecule is CC(C(=O)O)[C@@H](O)CCC[C@H]1CCC2C3C(CC[C@@]21C)[C@@]1(C)CC[C@H](NCCCNCCCCNCCCN)C[C@@H]1C[C@H]3O. The second-order valence-corrected chi connectivity index (χ2v) is 15.9. The Morgan fingerprint density at radius 3 is 2.23 bits per heavy atom. The number of aliphatic carboxylic acids is 1. The topological polar surface area (TPSA) is 140 Å². The van der Waals surface area contributed by atoms with Crippen molar-refractivity contribution in [3.8, 4) is 0 Å². The second kappa shape index (κ2) is 16.9. The van der Waals surface area contributed by atoms with Crippen molar-refractivity contribution < 1.29 is 20.1 Å². The number of rotatable bonds is 19. The molecule has 4 fully saturated rings. The van der Waals surface area contributed by atoms with Gasteiger partial charge in [-0.3, -0.25) is 4.79 Å². The summed E-state index contributed by atoms with van der Waals surface area (Å²) in [6.45, 7) is 12.8. The Labute approximate surface area is 268 Å². The van der Waals surface area contributed by atoms with Crippen LogP contribution in [0.3, 0.4) is 0 Å². The monoisotopic (exact) mass is 621 g/mol. The highest BCUT2D eigenvalue weighted by Crippen LogP contribution is 2.67. The third-order valence-corrected chi connectivity index (χ3v) is 13.4. The fourth-order valence-corrected chi connectivity index (χ4v) is 10.5. The molecular weight excluding hydrogens is 552 g/mol. The molecular formula is C36H68N4O4. The fraction of sp³-hybridized carbons (Fsp3) is 0.972. The number of unbranched alkanes of at least 4 members (excludes halogenated alkanes) is 1. The zero-order chi connectivity index (χ0) is 31.7. The number of carboxylic acids is 1. The Bertz CT molecular complexity index is 877. The molecule has 4 unspecified atom stereocenters. The normalized spacial score (nSPS) is 38.0. The van der Waals surface area contributed by atoms with Crippen LogP contribution in [-0.2, 0) is 4.79 Å². The third kappa shape index (κ3) is 8.57. The van der Waals surface area contributed by atoms with Gasteiger partial charge in [0, 0.05) is 6.04 Å². The van der Waals surface area contributed by atoms with Crippen LogP contribution in [0.2, 0.25) is 0 Å². The van der Waals surface area contributed by atoms with Gasteiger partial charge < -0.3 is 37.0 Å². The number of carboxylic acid groups (broad SMARTS) is 1. The minimum absolute atomic E-state index is 0.182. The van der Waals surface area contributed by atoms with Crippen molar-refractivity contribution in [2.24, 2.45) is 52.1 Å². The Morgan fingerprint density at radius 1 is 0.864 bits per heavy atom. The van der Waals surface area contributed by atoms with E-state index in [-0.39, 0.29) is 11.5 Å². The molecule has 8 heteroatoms. The highest BCUT2D eigenvalue weighted by atomic mass is 16.4. The maximum Gasteiger partial charge on any atom is 0.308 e. The molecule has 0 aromatic rings. The Balaban J connectivity index is 1.18. The van der Waals surface area contributed by atoms with E-state index in [4.69, 9.17) is 5.73 Å². The Kier molecular flexibility index (Phi) is 13.8. The summed E-state index contributed by atoms with van der Waals surface area (Å²) in [6, 6.07) is 0.584. The van der Waals surface area contributed by atoms with Gasteiger partial charge in [0.2, 0.25) is 0 Å². The number of fused-ring (bicyclic) bond motifs is 5.